The van der Waals surface area contributed by atoms with Gasteiger partial charge in [0.25, 0.3) is 5.91 Å². The van der Waals surface area contributed by atoms with E-state index in [0.29, 0.717) is 19.3 Å². The molecule has 190 valence electrons. The molecule has 1 aliphatic heterocycles. The van der Waals surface area contributed by atoms with Gasteiger partial charge in [-0.3, -0.25) is 14.5 Å². The first-order valence-corrected chi connectivity index (χ1v) is 12.6. The summed E-state index contributed by atoms with van der Waals surface area (Å²) in [6.07, 6.45) is 5.32. The second kappa shape index (κ2) is 9.66. The highest BCUT2D eigenvalue weighted by atomic mass is 32.1. The minimum absolute atomic E-state index is 0.00410. The van der Waals surface area contributed by atoms with E-state index in [-0.39, 0.29) is 34.7 Å². The van der Waals surface area contributed by atoms with Gasteiger partial charge in [0.1, 0.15) is 11.6 Å². The third kappa shape index (κ3) is 4.07. The highest BCUT2D eigenvalue weighted by Crippen LogP contribution is 2.48. The van der Waals surface area contributed by atoms with E-state index in [2.05, 4.69) is 5.32 Å². The SMILES string of the molecule is CNC(=O)C(C)(C)CCc1ccc(N2C(=S)N(C3CC=C(C#N)C(OC)=C3F)C(=O)C23CCC3)cc1. The number of nitrogens with zero attached hydrogens (tertiary/aromatic N) is 3. The van der Waals surface area contributed by atoms with Crippen molar-refractivity contribution in [1.29, 1.82) is 5.26 Å². The van der Waals surface area contributed by atoms with Crippen LogP contribution in [-0.2, 0) is 20.7 Å². The Morgan fingerprint density at radius 3 is 2.53 bits per heavy atom. The molecule has 4 rings (SSSR count). The fraction of sp³-hybridized carbons (Fsp3) is 0.481. The van der Waals surface area contributed by atoms with E-state index in [1.807, 2.05) is 49.1 Å². The summed E-state index contributed by atoms with van der Waals surface area (Å²) in [4.78, 5) is 29.0. The number of nitrogens with one attached hydrogen (secondary N) is 1. The summed E-state index contributed by atoms with van der Waals surface area (Å²) in [7, 11) is 2.95. The molecule has 1 atom stereocenters. The Kier molecular flexibility index (Phi) is 6.93. The summed E-state index contributed by atoms with van der Waals surface area (Å²) in [6, 6.07) is 8.86. The maximum atomic E-state index is 15.4. The first-order chi connectivity index (χ1) is 17.1. The first-order valence-electron chi connectivity index (χ1n) is 12.1. The smallest absolute Gasteiger partial charge is 0.255 e. The molecular weight excluding hydrogens is 479 g/mol. The zero-order chi connectivity index (χ0) is 26.3. The Morgan fingerprint density at radius 1 is 1.33 bits per heavy atom. The van der Waals surface area contributed by atoms with Crippen molar-refractivity contribution in [1.82, 2.24) is 10.2 Å². The Balaban J connectivity index is 1.59. The summed E-state index contributed by atoms with van der Waals surface area (Å²) < 4.78 is 20.6. The minimum atomic E-state index is -0.939. The molecule has 3 aliphatic rings. The molecule has 2 aliphatic carbocycles. The largest absolute Gasteiger partial charge is 0.493 e. The highest BCUT2D eigenvalue weighted by Gasteiger charge is 2.61. The number of amides is 2. The molecule has 1 unspecified atom stereocenters. The van der Waals surface area contributed by atoms with Gasteiger partial charge in [-0.05, 0) is 68.4 Å². The summed E-state index contributed by atoms with van der Waals surface area (Å²) in [5.41, 5.74) is 0.684. The van der Waals surface area contributed by atoms with Crippen LogP contribution in [0.4, 0.5) is 10.1 Å². The average Bonchev–Trinajstić information content (AvgIpc) is 3.09. The second-order valence-corrected chi connectivity index (χ2v) is 10.5. The van der Waals surface area contributed by atoms with Gasteiger partial charge < -0.3 is 15.0 Å². The Morgan fingerprint density at radius 2 is 2.00 bits per heavy atom. The molecule has 36 heavy (non-hydrogen) atoms. The molecule has 0 radical (unpaired) electrons. The maximum absolute atomic E-state index is 15.4. The number of hydrogen-bond acceptors (Lipinski definition) is 5. The normalized spacial score (nSPS) is 21.3. The molecule has 0 aromatic heterocycles. The van der Waals surface area contributed by atoms with Crippen LogP contribution in [0.15, 0.2) is 47.5 Å². The quantitative estimate of drug-likeness (QED) is 0.551. The van der Waals surface area contributed by atoms with Gasteiger partial charge in [-0.1, -0.05) is 32.1 Å². The lowest BCUT2D eigenvalue weighted by Gasteiger charge is -2.43. The molecule has 0 bridgehead atoms. The van der Waals surface area contributed by atoms with Gasteiger partial charge >= 0.3 is 0 Å². The van der Waals surface area contributed by atoms with Crippen molar-refractivity contribution in [3.8, 4) is 6.07 Å². The third-order valence-corrected chi connectivity index (χ3v) is 8.01. The number of allylic oxidation sites excluding steroid dienone is 1. The molecule has 2 fully saturated rings. The van der Waals surface area contributed by atoms with Crippen LogP contribution in [0.5, 0.6) is 0 Å². The molecule has 1 aromatic rings. The monoisotopic (exact) mass is 510 g/mol. The molecule has 1 N–H and O–H groups in total. The summed E-state index contributed by atoms with van der Waals surface area (Å²) in [5, 5.41) is 12.3. The zero-order valence-corrected chi connectivity index (χ0v) is 21.9. The maximum Gasteiger partial charge on any atom is 0.255 e. The number of aryl methyl sites for hydroxylation is 1. The average molecular weight is 511 g/mol. The van der Waals surface area contributed by atoms with Crippen LogP contribution in [0.2, 0.25) is 0 Å². The Hall–Kier alpha value is -3.25. The minimum Gasteiger partial charge on any atom is -0.493 e. The lowest BCUT2D eigenvalue weighted by molar-refractivity contribution is -0.134. The Bertz CT molecular complexity index is 1190. The van der Waals surface area contributed by atoms with E-state index >= 15 is 4.39 Å². The van der Waals surface area contributed by atoms with Gasteiger partial charge in [-0.25, -0.2) is 4.39 Å². The second-order valence-electron chi connectivity index (χ2n) is 10.2. The third-order valence-electron chi connectivity index (χ3n) is 7.63. The van der Waals surface area contributed by atoms with Crippen LogP contribution in [0, 0.1) is 16.7 Å². The first kappa shape index (κ1) is 25.8. The van der Waals surface area contributed by atoms with Gasteiger partial charge in [0.15, 0.2) is 16.7 Å². The number of methoxy groups -OCH3 is 1. The van der Waals surface area contributed by atoms with Crippen LogP contribution in [0.25, 0.3) is 0 Å². The van der Waals surface area contributed by atoms with E-state index in [4.69, 9.17) is 17.0 Å². The number of benzene rings is 1. The van der Waals surface area contributed by atoms with Crippen LogP contribution in [0.3, 0.4) is 0 Å². The van der Waals surface area contributed by atoms with Crippen LogP contribution in [0.1, 0.15) is 51.5 Å². The van der Waals surface area contributed by atoms with Crippen molar-refractivity contribution in [3.05, 3.63) is 53.1 Å². The number of thiocarbonyl (C=S) groups is 1. The molecule has 7 nitrogen and oxygen atoms in total. The number of carbonyl (C=O) groups is 2. The number of carbonyl (C=O) groups excluding carboxylic acids is 2. The number of ether oxygens (including phenoxy) is 1. The number of rotatable bonds is 7. The summed E-state index contributed by atoms with van der Waals surface area (Å²) >= 11 is 5.78. The number of halogens is 1. The van der Waals surface area contributed by atoms with Crippen LogP contribution >= 0.6 is 12.2 Å². The topological polar surface area (TPSA) is 85.7 Å². The van der Waals surface area contributed by atoms with E-state index in [9.17, 15) is 14.9 Å². The number of hydrogen-bond donors (Lipinski definition) is 1. The van der Waals surface area contributed by atoms with Crippen molar-refractivity contribution < 1.29 is 18.7 Å². The molecule has 1 heterocycles. The van der Waals surface area contributed by atoms with Crippen molar-refractivity contribution in [3.63, 3.8) is 0 Å². The fourth-order valence-electron chi connectivity index (χ4n) is 5.23. The Labute approximate surface area is 216 Å². The van der Waals surface area contributed by atoms with Gasteiger partial charge in [-0.2, -0.15) is 5.26 Å². The summed E-state index contributed by atoms with van der Waals surface area (Å²) in [6.45, 7) is 3.85. The van der Waals surface area contributed by atoms with Gasteiger partial charge in [0.05, 0.1) is 18.7 Å². The molecule has 1 saturated carbocycles. The molecule has 1 spiro atoms. The van der Waals surface area contributed by atoms with Gasteiger partial charge in [0, 0.05) is 18.2 Å². The van der Waals surface area contributed by atoms with Crippen molar-refractivity contribution in [2.45, 2.75) is 64.0 Å². The van der Waals surface area contributed by atoms with E-state index in [1.165, 1.54) is 12.0 Å². The molecular formula is C27H31FN4O3S. The lowest BCUT2D eigenvalue weighted by atomic mass is 9.75. The number of anilines is 1. The lowest BCUT2D eigenvalue weighted by Crippen LogP contribution is -2.55. The number of nitriles is 1. The van der Waals surface area contributed by atoms with Gasteiger partial charge in [0.2, 0.25) is 5.91 Å². The van der Waals surface area contributed by atoms with Gasteiger partial charge in [-0.15, -0.1) is 0 Å². The molecule has 9 heteroatoms. The van der Waals surface area contributed by atoms with Crippen LogP contribution < -0.4 is 10.2 Å². The predicted octanol–water partition coefficient (Wildman–Crippen LogP) is 4.30. The molecule has 1 aromatic carbocycles. The van der Waals surface area contributed by atoms with E-state index in [1.54, 1.807) is 13.1 Å². The van der Waals surface area contributed by atoms with E-state index < -0.39 is 22.8 Å². The highest BCUT2D eigenvalue weighted by molar-refractivity contribution is 7.80. The summed E-state index contributed by atoms with van der Waals surface area (Å²) in [5.74, 6) is -1.00. The van der Waals surface area contributed by atoms with Crippen molar-refractivity contribution >= 4 is 34.8 Å². The predicted molar refractivity (Wildman–Crippen MR) is 138 cm³/mol. The van der Waals surface area contributed by atoms with Crippen molar-refractivity contribution in [2.75, 3.05) is 19.1 Å². The molecule has 1 saturated heterocycles. The standard InChI is InChI=1S/C27H31FN4O3S/c1-26(2,23(33)30-3)15-12-17-6-9-19(10-7-17)32-25(36)31(24(34)27(32)13-5-14-27)20-11-8-18(16-29)22(35-4)21(20)28/h6-10,20H,5,11-15H2,1-4H3,(H,30,33). The van der Waals surface area contributed by atoms with Crippen LogP contribution in [-0.4, -0.2) is 47.6 Å². The van der Waals surface area contributed by atoms with E-state index in [0.717, 1.165) is 24.1 Å². The molecule has 2 amide bonds. The zero-order valence-electron chi connectivity index (χ0n) is 21.1. The fourth-order valence-corrected chi connectivity index (χ4v) is 5.72. The van der Waals surface area contributed by atoms with Crippen molar-refractivity contribution in [2.24, 2.45) is 5.41 Å².